The highest BCUT2D eigenvalue weighted by Crippen LogP contribution is 2.32. The number of ether oxygens (including phenoxy) is 5. The minimum atomic E-state index is -4.00. The Morgan fingerprint density at radius 3 is 1.89 bits per heavy atom. The summed E-state index contributed by atoms with van der Waals surface area (Å²) in [4.78, 5) is 11.0. The van der Waals surface area contributed by atoms with Gasteiger partial charge in [-0.05, 0) is 48.9 Å². The summed E-state index contributed by atoms with van der Waals surface area (Å²) in [5.74, 6) is 6.66. The number of methoxy groups -OCH3 is 5. The molecule has 0 spiro atoms. The molecule has 0 bridgehead atoms. The van der Waals surface area contributed by atoms with Gasteiger partial charge in [-0.25, -0.2) is 16.8 Å². The molecule has 0 unspecified atom stereocenters. The lowest BCUT2D eigenvalue weighted by molar-refractivity contribution is -0.140. The predicted octanol–water partition coefficient (Wildman–Crippen LogP) is 5.48. The van der Waals surface area contributed by atoms with Gasteiger partial charge in [-0.2, -0.15) is 0 Å². The standard InChI is InChI=1S/C21H22ClNO6S.C8H9ClO4S/c1-27-17-10-12-19(28-2)20(14-17)30(25,26)23-18-11-9-16(22)13-15(18)7-5-4-6-8-21(24)29-3;1-12-6-3-4-7(13-2)8(5-6)14(9,10)11/h9-14,23H,4,6,8H2,1-3H3;3-5H,1-2H3. The van der Waals surface area contributed by atoms with E-state index in [0.29, 0.717) is 34.9 Å². The van der Waals surface area contributed by atoms with Gasteiger partial charge in [-0.3, -0.25) is 9.52 Å². The Bertz CT molecular complexity index is 1730. The number of esters is 1. The Morgan fingerprint density at radius 2 is 1.36 bits per heavy atom. The van der Waals surface area contributed by atoms with Crippen LogP contribution in [0, 0.1) is 11.8 Å². The zero-order chi connectivity index (χ0) is 32.9. The molecule has 0 atom stereocenters. The number of rotatable bonds is 11. The third-order valence-electron chi connectivity index (χ3n) is 5.65. The average Bonchev–Trinajstić information content (AvgIpc) is 3.01. The lowest BCUT2D eigenvalue weighted by atomic mass is 10.1. The topological polar surface area (TPSA) is 144 Å². The first-order valence-electron chi connectivity index (χ1n) is 12.6. The van der Waals surface area contributed by atoms with Gasteiger partial charge in [0, 0.05) is 40.7 Å². The van der Waals surface area contributed by atoms with Crippen molar-refractivity contribution in [3.8, 4) is 34.8 Å². The number of benzene rings is 3. The van der Waals surface area contributed by atoms with E-state index in [9.17, 15) is 21.6 Å². The zero-order valence-corrected chi connectivity index (χ0v) is 27.6. The number of hydrogen-bond acceptors (Lipinski definition) is 10. The van der Waals surface area contributed by atoms with Crippen LogP contribution in [0.5, 0.6) is 23.0 Å². The Kier molecular flexibility index (Phi) is 13.9. The van der Waals surface area contributed by atoms with Crippen molar-refractivity contribution in [2.45, 2.75) is 29.1 Å². The predicted molar refractivity (Wildman–Crippen MR) is 167 cm³/mol. The summed E-state index contributed by atoms with van der Waals surface area (Å²) < 4.78 is 75.3. The minimum absolute atomic E-state index is 0.0729. The van der Waals surface area contributed by atoms with E-state index < -0.39 is 19.1 Å². The van der Waals surface area contributed by atoms with Crippen LogP contribution in [0.25, 0.3) is 0 Å². The van der Waals surface area contributed by atoms with Crippen molar-refractivity contribution >= 4 is 53.0 Å². The molecule has 0 saturated carbocycles. The first-order valence-corrected chi connectivity index (χ1v) is 16.7. The minimum Gasteiger partial charge on any atom is -0.497 e. The summed E-state index contributed by atoms with van der Waals surface area (Å²) in [6.07, 6.45) is 1.23. The van der Waals surface area contributed by atoms with E-state index in [0.717, 1.165) is 0 Å². The van der Waals surface area contributed by atoms with Gasteiger partial charge in [0.2, 0.25) is 0 Å². The molecular weight excluding hydrogens is 657 g/mol. The molecule has 3 aromatic carbocycles. The quantitative estimate of drug-likeness (QED) is 0.119. The first-order chi connectivity index (χ1) is 20.8. The van der Waals surface area contributed by atoms with Crippen molar-refractivity contribution in [3.05, 3.63) is 65.2 Å². The van der Waals surface area contributed by atoms with Gasteiger partial charge in [-0.1, -0.05) is 23.4 Å². The molecule has 0 fully saturated rings. The fourth-order valence-electron chi connectivity index (χ4n) is 3.46. The van der Waals surface area contributed by atoms with Crippen molar-refractivity contribution in [1.82, 2.24) is 0 Å². The van der Waals surface area contributed by atoms with E-state index in [2.05, 4.69) is 21.3 Å². The van der Waals surface area contributed by atoms with Crippen molar-refractivity contribution in [3.63, 3.8) is 0 Å². The fourth-order valence-corrected chi connectivity index (χ4v) is 5.91. The summed E-state index contributed by atoms with van der Waals surface area (Å²) in [6.45, 7) is 0. The summed E-state index contributed by atoms with van der Waals surface area (Å²) in [5.41, 5.74) is 0.677. The van der Waals surface area contributed by atoms with Crippen LogP contribution in [0.1, 0.15) is 24.8 Å². The molecular formula is C29H31Cl2NO10S2. The van der Waals surface area contributed by atoms with E-state index >= 15 is 0 Å². The Morgan fingerprint density at radius 1 is 0.795 bits per heavy atom. The highest BCUT2D eigenvalue weighted by Gasteiger charge is 2.22. The van der Waals surface area contributed by atoms with E-state index in [1.807, 2.05) is 0 Å². The van der Waals surface area contributed by atoms with Gasteiger partial charge in [-0.15, -0.1) is 0 Å². The Labute approximate surface area is 266 Å². The molecule has 0 saturated heterocycles. The van der Waals surface area contributed by atoms with Crippen molar-refractivity contribution in [1.29, 1.82) is 0 Å². The Hall–Kier alpha value is -3.83. The van der Waals surface area contributed by atoms with E-state index in [4.69, 9.17) is 41.2 Å². The maximum Gasteiger partial charge on any atom is 0.305 e. The Balaban J connectivity index is 0.000000402. The first kappa shape index (κ1) is 36.4. The van der Waals surface area contributed by atoms with Gasteiger partial charge >= 0.3 is 5.97 Å². The molecule has 3 rings (SSSR count). The maximum absolute atomic E-state index is 13.0. The molecule has 0 aliphatic rings. The van der Waals surface area contributed by atoms with Gasteiger partial charge in [0.1, 0.15) is 32.8 Å². The molecule has 0 amide bonds. The second-order valence-corrected chi connectivity index (χ2v) is 13.1. The summed E-state index contributed by atoms with van der Waals surface area (Å²) >= 11 is 6.05. The second-order valence-electron chi connectivity index (χ2n) is 8.50. The number of anilines is 1. The van der Waals surface area contributed by atoms with E-state index in [1.165, 1.54) is 65.9 Å². The number of halogens is 2. The van der Waals surface area contributed by atoms with Gasteiger partial charge in [0.25, 0.3) is 19.1 Å². The SMILES string of the molecule is COC(=O)CCCC#Cc1cc(Cl)ccc1NS(=O)(=O)c1cc(OC)ccc1OC.COc1ccc(OC)c(S(=O)(=O)Cl)c1. The summed E-state index contributed by atoms with van der Waals surface area (Å²) in [6, 6.07) is 13.5. The monoisotopic (exact) mass is 687 g/mol. The smallest absolute Gasteiger partial charge is 0.305 e. The van der Waals surface area contributed by atoms with Crippen molar-refractivity contribution < 1.29 is 45.3 Å². The number of sulfonamides is 1. The van der Waals surface area contributed by atoms with Gasteiger partial charge in [0.05, 0.1) is 46.8 Å². The average molecular weight is 689 g/mol. The van der Waals surface area contributed by atoms with Crippen molar-refractivity contribution in [2.24, 2.45) is 0 Å². The molecule has 1 N–H and O–H groups in total. The van der Waals surface area contributed by atoms with Crippen LogP contribution in [0.15, 0.2) is 64.4 Å². The number of nitrogens with one attached hydrogen (secondary N) is 1. The molecule has 0 aromatic heterocycles. The second kappa shape index (κ2) is 16.9. The molecule has 15 heteroatoms. The number of carbonyl (C=O) groups excluding carboxylic acids is 1. The van der Waals surface area contributed by atoms with Crippen LogP contribution in [-0.2, 0) is 28.6 Å². The van der Waals surface area contributed by atoms with Crippen LogP contribution >= 0.6 is 22.3 Å². The van der Waals surface area contributed by atoms with Gasteiger partial charge in [0.15, 0.2) is 0 Å². The van der Waals surface area contributed by atoms with Crippen molar-refractivity contribution in [2.75, 3.05) is 40.3 Å². The lowest BCUT2D eigenvalue weighted by Crippen LogP contribution is -2.15. The molecule has 3 aromatic rings. The fraction of sp³-hybridized carbons (Fsp3) is 0.276. The van der Waals surface area contributed by atoms with Crippen LogP contribution in [0.4, 0.5) is 5.69 Å². The molecule has 0 aliphatic heterocycles. The lowest BCUT2D eigenvalue weighted by Gasteiger charge is -2.14. The third kappa shape index (κ3) is 10.7. The molecule has 238 valence electrons. The molecule has 0 aliphatic carbocycles. The molecule has 0 radical (unpaired) electrons. The summed E-state index contributed by atoms with van der Waals surface area (Å²) in [5, 5.41) is 0.413. The zero-order valence-electron chi connectivity index (χ0n) is 24.5. The third-order valence-corrected chi connectivity index (χ3v) is 8.62. The number of hydrogen-bond donors (Lipinski definition) is 1. The molecule has 0 heterocycles. The highest BCUT2D eigenvalue weighted by molar-refractivity contribution is 8.13. The van der Waals surface area contributed by atoms with Crippen LogP contribution < -0.4 is 23.7 Å². The normalized spacial score (nSPS) is 10.7. The number of carbonyl (C=O) groups is 1. The van der Waals surface area contributed by atoms with Gasteiger partial charge < -0.3 is 23.7 Å². The van der Waals surface area contributed by atoms with E-state index in [1.54, 1.807) is 24.3 Å². The van der Waals surface area contributed by atoms with Crippen LogP contribution in [-0.4, -0.2) is 58.4 Å². The summed E-state index contributed by atoms with van der Waals surface area (Å²) in [7, 11) is 4.36. The van der Waals surface area contributed by atoms with Crippen LogP contribution in [0.3, 0.4) is 0 Å². The molecule has 11 nitrogen and oxygen atoms in total. The molecule has 44 heavy (non-hydrogen) atoms. The van der Waals surface area contributed by atoms with Crippen LogP contribution in [0.2, 0.25) is 5.02 Å². The maximum atomic E-state index is 13.0. The largest absolute Gasteiger partial charge is 0.497 e. The van der Waals surface area contributed by atoms with E-state index in [-0.39, 0.29) is 39.4 Å². The highest BCUT2D eigenvalue weighted by atomic mass is 35.7. The number of unbranched alkanes of at least 4 members (excludes halogenated alkanes) is 1.